The SMILES string of the molecule is Cc1ccc(C(C)NC(c2ccccc2)c2ccco2)o1. The number of hydrogen-bond donors (Lipinski definition) is 1. The molecule has 2 aromatic heterocycles. The molecule has 0 saturated carbocycles. The molecule has 0 amide bonds. The number of furan rings is 2. The smallest absolute Gasteiger partial charge is 0.125 e. The molecule has 0 fully saturated rings. The van der Waals surface area contributed by atoms with Gasteiger partial charge in [-0.25, -0.2) is 0 Å². The molecule has 2 heterocycles. The topological polar surface area (TPSA) is 38.3 Å². The molecule has 3 rings (SSSR count). The average molecular weight is 281 g/mol. The molecule has 0 aliphatic heterocycles. The zero-order chi connectivity index (χ0) is 14.7. The van der Waals surface area contributed by atoms with E-state index in [1.54, 1.807) is 6.26 Å². The first-order chi connectivity index (χ1) is 10.2. The van der Waals surface area contributed by atoms with Crippen molar-refractivity contribution in [3.05, 3.63) is 83.7 Å². The van der Waals surface area contributed by atoms with Crippen molar-refractivity contribution in [1.29, 1.82) is 0 Å². The van der Waals surface area contributed by atoms with E-state index in [1.165, 1.54) is 5.56 Å². The van der Waals surface area contributed by atoms with Gasteiger partial charge in [-0.2, -0.15) is 0 Å². The van der Waals surface area contributed by atoms with Crippen LogP contribution in [0.15, 0.2) is 69.7 Å². The zero-order valence-electron chi connectivity index (χ0n) is 12.2. The first-order valence-corrected chi connectivity index (χ1v) is 7.15. The molecule has 1 N–H and O–H groups in total. The van der Waals surface area contributed by atoms with Gasteiger partial charge in [0.25, 0.3) is 0 Å². The molecule has 3 heteroatoms. The minimum atomic E-state index is 0.00149. The zero-order valence-corrected chi connectivity index (χ0v) is 12.2. The lowest BCUT2D eigenvalue weighted by Crippen LogP contribution is -2.25. The van der Waals surface area contributed by atoms with Crippen molar-refractivity contribution in [2.24, 2.45) is 0 Å². The van der Waals surface area contributed by atoms with E-state index in [9.17, 15) is 0 Å². The van der Waals surface area contributed by atoms with Crippen molar-refractivity contribution < 1.29 is 8.83 Å². The van der Waals surface area contributed by atoms with Crippen LogP contribution >= 0.6 is 0 Å². The van der Waals surface area contributed by atoms with Gasteiger partial charge in [0.15, 0.2) is 0 Å². The summed E-state index contributed by atoms with van der Waals surface area (Å²) in [5.74, 6) is 2.75. The van der Waals surface area contributed by atoms with Gasteiger partial charge in [0, 0.05) is 0 Å². The van der Waals surface area contributed by atoms with Gasteiger partial charge in [-0.3, -0.25) is 5.32 Å². The van der Waals surface area contributed by atoms with Crippen molar-refractivity contribution in [2.75, 3.05) is 0 Å². The van der Waals surface area contributed by atoms with Gasteiger partial charge >= 0.3 is 0 Å². The van der Waals surface area contributed by atoms with Crippen LogP contribution in [-0.4, -0.2) is 0 Å². The second-order valence-electron chi connectivity index (χ2n) is 5.20. The molecule has 0 spiro atoms. The molecule has 3 nitrogen and oxygen atoms in total. The summed E-state index contributed by atoms with van der Waals surface area (Å²) in [6, 6.07) is 18.3. The lowest BCUT2D eigenvalue weighted by molar-refractivity contribution is 0.372. The fourth-order valence-corrected chi connectivity index (χ4v) is 2.46. The largest absolute Gasteiger partial charge is 0.467 e. The first kappa shape index (κ1) is 13.7. The highest BCUT2D eigenvalue weighted by Gasteiger charge is 2.20. The van der Waals surface area contributed by atoms with E-state index in [0.717, 1.165) is 17.3 Å². The number of rotatable bonds is 5. The fourth-order valence-electron chi connectivity index (χ4n) is 2.46. The Hall–Kier alpha value is -2.26. The van der Waals surface area contributed by atoms with Crippen molar-refractivity contribution in [2.45, 2.75) is 25.9 Å². The van der Waals surface area contributed by atoms with Gasteiger partial charge in [0.05, 0.1) is 18.3 Å². The van der Waals surface area contributed by atoms with Gasteiger partial charge in [-0.15, -0.1) is 0 Å². The number of nitrogens with one attached hydrogen (secondary N) is 1. The van der Waals surface area contributed by atoms with E-state index in [0.29, 0.717) is 0 Å². The minimum absolute atomic E-state index is 0.00149. The Bertz CT molecular complexity index is 670. The van der Waals surface area contributed by atoms with Crippen LogP contribution in [0.4, 0.5) is 0 Å². The van der Waals surface area contributed by atoms with Crippen molar-refractivity contribution in [3.63, 3.8) is 0 Å². The maximum Gasteiger partial charge on any atom is 0.125 e. The number of hydrogen-bond acceptors (Lipinski definition) is 3. The van der Waals surface area contributed by atoms with E-state index in [4.69, 9.17) is 8.83 Å². The molecular weight excluding hydrogens is 262 g/mol. The van der Waals surface area contributed by atoms with Gasteiger partial charge in [0.1, 0.15) is 17.3 Å². The van der Waals surface area contributed by atoms with Crippen LogP contribution in [0.2, 0.25) is 0 Å². The predicted molar refractivity (Wildman–Crippen MR) is 82.0 cm³/mol. The van der Waals surface area contributed by atoms with Crippen molar-refractivity contribution in [1.82, 2.24) is 5.32 Å². The van der Waals surface area contributed by atoms with Crippen LogP contribution < -0.4 is 5.32 Å². The highest BCUT2D eigenvalue weighted by atomic mass is 16.3. The second kappa shape index (κ2) is 6.02. The Balaban J connectivity index is 1.86. The lowest BCUT2D eigenvalue weighted by atomic mass is 10.0. The van der Waals surface area contributed by atoms with Crippen LogP contribution in [0.25, 0.3) is 0 Å². The molecule has 0 saturated heterocycles. The third-order valence-corrected chi connectivity index (χ3v) is 3.57. The molecule has 0 radical (unpaired) electrons. The average Bonchev–Trinajstić information content (AvgIpc) is 3.17. The molecule has 3 aromatic rings. The summed E-state index contributed by atoms with van der Waals surface area (Å²) in [6.45, 7) is 4.05. The fraction of sp³-hybridized carbons (Fsp3) is 0.222. The number of aryl methyl sites for hydroxylation is 1. The Morgan fingerprint density at radius 1 is 0.905 bits per heavy atom. The standard InChI is InChI=1S/C18H19NO2/c1-13-10-11-16(21-13)14(2)19-18(17-9-6-12-20-17)15-7-4-3-5-8-15/h3-12,14,18-19H,1-2H3. The Labute approximate surface area is 124 Å². The first-order valence-electron chi connectivity index (χ1n) is 7.15. The van der Waals surface area contributed by atoms with Gasteiger partial charge < -0.3 is 8.83 Å². The molecule has 2 atom stereocenters. The molecule has 1 aromatic carbocycles. The van der Waals surface area contributed by atoms with Crippen molar-refractivity contribution >= 4 is 0 Å². The summed E-state index contributed by atoms with van der Waals surface area (Å²) < 4.78 is 11.3. The van der Waals surface area contributed by atoms with E-state index < -0.39 is 0 Å². The van der Waals surface area contributed by atoms with Crippen molar-refractivity contribution in [3.8, 4) is 0 Å². The summed E-state index contributed by atoms with van der Waals surface area (Å²) in [5.41, 5.74) is 1.17. The van der Waals surface area contributed by atoms with Gasteiger partial charge in [-0.05, 0) is 43.7 Å². The summed E-state index contributed by atoms with van der Waals surface area (Å²) in [4.78, 5) is 0. The monoisotopic (exact) mass is 281 g/mol. The van der Waals surface area contributed by atoms with Crippen LogP contribution in [0.5, 0.6) is 0 Å². The Morgan fingerprint density at radius 2 is 1.71 bits per heavy atom. The molecule has 0 bridgehead atoms. The summed E-state index contributed by atoms with van der Waals surface area (Å²) in [7, 11) is 0. The third kappa shape index (κ3) is 3.09. The normalized spacial score (nSPS) is 14.0. The molecule has 2 unspecified atom stereocenters. The van der Waals surface area contributed by atoms with E-state index in [-0.39, 0.29) is 12.1 Å². The van der Waals surface area contributed by atoms with Crippen LogP contribution in [0.3, 0.4) is 0 Å². The summed E-state index contributed by atoms with van der Waals surface area (Å²) >= 11 is 0. The quantitative estimate of drug-likeness (QED) is 0.741. The number of benzene rings is 1. The second-order valence-corrected chi connectivity index (χ2v) is 5.20. The lowest BCUT2D eigenvalue weighted by Gasteiger charge is -2.21. The Morgan fingerprint density at radius 3 is 2.33 bits per heavy atom. The van der Waals surface area contributed by atoms with Crippen LogP contribution in [0.1, 0.15) is 41.9 Å². The van der Waals surface area contributed by atoms with Crippen LogP contribution in [-0.2, 0) is 0 Å². The highest BCUT2D eigenvalue weighted by Crippen LogP contribution is 2.26. The maximum atomic E-state index is 5.71. The Kier molecular flexibility index (Phi) is 3.93. The predicted octanol–water partition coefficient (Wildman–Crippen LogP) is 4.62. The van der Waals surface area contributed by atoms with E-state index >= 15 is 0 Å². The molecule has 108 valence electrons. The van der Waals surface area contributed by atoms with Gasteiger partial charge in [0.2, 0.25) is 0 Å². The van der Waals surface area contributed by atoms with E-state index in [2.05, 4.69) is 24.4 Å². The van der Waals surface area contributed by atoms with Gasteiger partial charge in [-0.1, -0.05) is 30.3 Å². The molecule has 0 aliphatic carbocycles. The molecular formula is C18H19NO2. The molecule has 21 heavy (non-hydrogen) atoms. The van der Waals surface area contributed by atoms with E-state index in [1.807, 2.05) is 49.4 Å². The molecule has 0 aliphatic rings. The summed E-state index contributed by atoms with van der Waals surface area (Å²) in [6.07, 6.45) is 1.70. The highest BCUT2D eigenvalue weighted by molar-refractivity contribution is 5.27. The third-order valence-electron chi connectivity index (χ3n) is 3.57. The van der Waals surface area contributed by atoms with Crippen LogP contribution in [0, 0.1) is 6.92 Å². The minimum Gasteiger partial charge on any atom is -0.467 e. The maximum absolute atomic E-state index is 5.71. The summed E-state index contributed by atoms with van der Waals surface area (Å²) in [5, 5.41) is 3.58.